The Bertz CT molecular complexity index is 704. The van der Waals surface area contributed by atoms with Gasteiger partial charge in [-0.05, 0) is 31.7 Å². The van der Waals surface area contributed by atoms with Crippen molar-refractivity contribution in [2.45, 2.75) is 26.2 Å². The Labute approximate surface area is 140 Å². The summed E-state index contributed by atoms with van der Waals surface area (Å²) in [5, 5.41) is 0. The van der Waals surface area contributed by atoms with Gasteiger partial charge < -0.3 is 9.80 Å². The molecule has 0 radical (unpaired) electrons. The second-order valence-corrected chi connectivity index (χ2v) is 6.96. The van der Waals surface area contributed by atoms with Gasteiger partial charge in [0.1, 0.15) is 0 Å². The zero-order chi connectivity index (χ0) is 16.6. The SMILES string of the molecule is Cc1cnc(N2CC[C@@]3(CCCN(c4ncc(F)cn4)C3)C2)nc1. The number of rotatable bonds is 2. The minimum Gasteiger partial charge on any atom is -0.340 e. The van der Waals surface area contributed by atoms with Crippen LogP contribution in [0.1, 0.15) is 24.8 Å². The standard InChI is InChI=1S/C17H21FN6/c1-13-7-19-15(20-8-13)24-6-4-17(12-24)3-2-5-23(11-17)16-21-9-14(18)10-22-16/h7-10H,2-6,11-12H2,1H3/t17-/m1/s1. The van der Waals surface area contributed by atoms with E-state index in [2.05, 4.69) is 29.7 Å². The molecule has 0 aliphatic carbocycles. The van der Waals surface area contributed by atoms with Gasteiger partial charge in [0.2, 0.25) is 11.9 Å². The fraction of sp³-hybridized carbons (Fsp3) is 0.529. The van der Waals surface area contributed by atoms with Crippen LogP contribution in [0, 0.1) is 18.2 Å². The van der Waals surface area contributed by atoms with Crippen LogP contribution in [0.5, 0.6) is 0 Å². The van der Waals surface area contributed by atoms with Gasteiger partial charge in [-0.3, -0.25) is 0 Å². The lowest BCUT2D eigenvalue weighted by molar-refractivity contribution is 0.262. The van der Waals surface area contributed by atoms with Crippen LogP contribution in [0.2, 0.25) is 0 Å². The summed E-state index contributed by atoms with van der Waals surface area (Å²) in [6.45, 7) is 5.75. The molecule has 1 atom stereocenters. The van der Waals surface area contributed by atoms with E-state index in [1.807, 2.05) is 19.3 Å². The van der Waals surface area contributed by atoms with Crippen LogP contribution in [-0.4, -0.2) is 46.1 Å². The third kappa shape index (κ3) is 2.90. The van der Waals surface area contributed by atoms with Crippen molar-refractivity contribution in [1.82, 2.24) is 19.9 Å². The first-order valence-corrected chi connectivity index (χ1v) is 8.40. The third-order valence-corrected chi connectivity index (χ3v) is 5.04. The van der Waals surface area contributed by atoms with Crippen LogP contribution in [0.4, 0.5) is 16.3 Å². The van der Waals surface area contributed by atoms with Gasteiger partial charge in [-0.15, -0.1) is 0 Å². The van der Waals surface area contributed by atoms with Crippen molar-refractivity contribution in [2.75, 3.05) is 36.0 Å². The Morgan fingerprint density at radius 1 is 0.875 bits per heavy atom. The number of anilines is 2. The lowest BCUT2D eigenvalue weighted by atomic mass is 9.79. The van der Waals surface area contributed by atoms with E-state index in [1.54, 1.807) is 0 Å². The molecule has 2 aliphatic heterocycles. The molecular formula is C17H21FN6. The number of halogens is 1. The summed E-state index contributed by atoms with van der Waals surface area (Å²) >= 11 is 0. The number of aromatic nitrogens is 4. The van der Waals surface area contributed by atoms with Crippen LogP contribution in [0.25, 0.3) is 0 Å². The zero-order valence-corrected chi connectivity index (χ0v) is 13.8. The van der Waals surface area contributed by atoms with Crippen molar-refractivity contribution < 1.29 is 4.39 Å². The van der Waals surface area contributed by atoms with Crippen molar-refractivity contribution in [1.29, 1.82) is 0 Å². The molecule has 0 amide bonds. The normalized spacial score (nSPS) is 23.9. The van der Waals surface area contributed by atoms with Crippen LogP contribution >= 0.6 is 0 Å². The van der Waals surface area contributed by atoms with Crippen molar-refractivity contribution in [3.05, 3.63) is 36.2 Å². The minimum absolute atomic E-state index is 0.213. The number of nitrogens with zero attached hydrogens (tertiary/aromatic N) is 6. The molecule has 0 N–H and O–H groups in total. The van der Waals surface area contributed by atoms with Gasteiger partial charge in [0.25, 0.3) is 0 Å². The molecule has 2 aromatic heterocycles. The van der Waals surface area contributed by atoms with Gasteiger partial charge >= 0.3 is 0 Å². The Balaban J connectivity index is 1.49. The maximum Gasteiger partial charge on any atom is 0.225 e. The topological polar surface area (TPSA) is 58.0 Å². The van der Waals surface area contributed by atoms with Crippen molar-refractivity contribution in [3.63, 3.8) is 0 Å². The van der Waals surface area contributed by atoms with Crippen LogP contribution in [0.15, 0.2) is 24.8 Å². The van der Waals surface area contributed by atoms with E-state index in [1.165, 1.54) is 18.8 Å². The molecule has 24 heavy (non-hydrogen) atoms. The quantitative estimate of drug-likeness (QED) is 0.842. The highest BCUT2D eigenvalue weighted by atomic mass is 19.1. The van der Waals surface area contributed by atoms with E-state index in [0.717, 1.165) is 50.5 Å². The number of hydrogen-bond donors (Lipinski definition) is 0. The largest absolute Gasteiger partial charge is 0.340 e. The summed E-state index contributed by atoms with van der Waals surface area (Å²) in [6.07, 6.45) is 9.62. The summed E-state index contributed by atoms with van der Waals surface area (Å²) in [4.78, 5) is 21.7. The fourth-order valence-electron chi connectivity index (χ4n) is 3.84. The number of piperidine rings is 1. The lowest BCUT2D eigenvalue weighted by Gasteiger charge is -2.40. The van der Waals surface area contributed by atoms with Crippen molar-refractivity contribution in [2.24, 2.45) is 5.41 Å². The molecule has 2 aliphatic rings. The second-order valence-electron chi connectivity index (χ2n) is 6.96. The van der Waals surface area contributed by atoms with Crippen molar-refractivity contribution >= 4 is 11.9 Å². The Morgan fingerprint density at radius 2 is 1.46 bits per heavy atom. The molecule has 4 rings (SSSR count). The minimum atomic E-state index is -0.394. The Hall–Kier alpha value is -2.31. The van der Waals surface area contributed by atoms with E-state index in [0.29, 0.717) is 5.95 Å². The monoisotopic (exact) mass is 328 g/mol. The molecule has 4 heterocycles. The molecule has 6 nitrogen and oxygen atoms in total. The summed E-state index contributed by atoms with van der Waals surface area (Å²) in [5.41, 5.74) is 1.29. The summed E-state index contributed by atoms with van der Waals surface area (Å²) < 4.78 is 13.1. The van der Waals surface area contributed by atoms with E-state index in [9.17, 15) is 4.39 Å². The van der Waals surface area contributed by atoms with Gasteiger partial charge in [-0.1, -0.05) is 0 Å². The molecule has 126 valence electrons. The predicted molar refractivity (Wildman–Crippen MR) is 89.5 cm³/mol. The third-order valence-electron chi connectivity index (χ3n) is 5.04. The predicted octanol–water partition coefficient (Wildman–Crippen LogP) is 2.21. The maximum absolute atomic E-state index is 13.1. The molecule has 2 aromatic rings. The zero-order valence-electron chi connectivity index (χ0n) is 13.8. The average molecular weight is 328 g/mol. The fourth-order valence-corrected chi connectivity index (χ4v) is 3.84. The average Bonchev–Trinajstić information content (AvgIpc) is 2.99. The first-order valence-electron chi connectivity index (χ1n) is 8.40. The lowest BCUT2D eigenvalue weighted by Crippen LogP contribution is -2.45. The van der Waals surface area contributed by atoms with Gasteiger partial charge in [0.05, 0.1) is 12.4 Å². The van der Waals surface area contributed by atoms with E-state index in [4.69, 9.17) is 0 Å². The maximum atomic E-state index is 13.1. The van der Waals surface area contributed by atoms with Crippen LogP contribution < -0.4 is 9.80 Å². The molecule has 0 unspecified atom stereocenters. The van der Waals surface area contributed by atoms with Gasteiger partial charge in [-0.2, -0.15) is 0 Å². The molecule has 0 saturated carbocycles. The summed E-state index contributed by atoms with van der Waals surface area (Å²) in [7, 11) is 0. The Kier molecular flexibility index (Phi) is 3.78. The molecule has 0 aromatic carbocycles. The van der Waals surface area contributed by atoms with E-state index < -0.39 is 5.82 Å². The summed E-state index contributed by atoms with van der Waals surface area (Å²) in [5.74, 6) is 1.04. The first kappa shape index (κ1) is 15.2. The molecule has 1 spiro atoms. The smallest absolute Gasteiger partial charge is 0.225 e. The van der Waals surface area contributed by atoms with Crippen molar-refractivity contribution in [3.8, 4) is 0 Å². The van der Waals surface area contributed by atoms with Crippen LogP contribution in [0.3, 0.4) is 0 Å². The molecule has 2 saturated heterocycles. The van der Waals surface area contributed by atoms with Gasteiger partial charge in [-0.25, -0.2) is 24.3 Å². The highest BCUT2D eigenvalue weighted by molar-refractivity contribution is 5.36. The van der Waals surface area contributed by atoms with Gasteiger partial charge in [0.15, 0.2) is 5.82 Å². The molecular weight excluding hydrogens is 307 g/mol. The van der Waals surface area contributed by atoms with E-state index in [-0.39, 0.29) is 5.41 Å². The summed E-state index contributed by atoms with van der Waals surface area (Å²) in [6, 6.07) is 0. The second kappa shape index (κ2) is 5.96. The highest BCUT2D eigenvalue weighted by Gasteiger charge is 2.42. The first-order chi connectivity index (χ1) is 11.6. The Morgan fingerprint density at radius 3 is 2.12 bits per heavy atom. The number of hydrogen-bond acceptors (Lipinski definition) is 6. The molecule has 7 heteroatoms. The van der Waals surface area contributed by atoms with Crippen LogP contribution in [-0.2, 0) is 0 Å². The highest BCUT2D eigenvalue weighted by Crippen LogP contribution is 2.40. The number of aryl methyl sites for hydroxylation is 1. The van der Waals surface area contributed by atoms with Gasteiger partial charge in [0, 0.05) is 44.0 Å². The molecule has 2 fully saturated rings. The van der Waals surface area contributed by atoms with E-state index >= 15 is 0 Å². The molecule has 0 bridgehead atoms.